The lowest BCUT2D eigenvalue weighted by Crippen LogP contribution is -2.45. The van der Waals surface area contributed by atoms with Crippen molar-refractivity contribution >= 4 is 29.4 Å². The van der Waals surface area contributed by atoms with Crippen LogP contribution in [0.2, 0.25) is 0 Å². The smallest absolute Gasteiger partial charge is 0.253 e. The number of primary amides is 1. The third-order valence-corrected chi connectivity index (χ3v) is 6.20. The highest BCUT2D eigenvalue weighted by Gasteiger charge is 2.21. The molecule has 3 rings (SSSR count). The van der Waals surface area contributed by atoms with Crippen molar-refractivity contribution in [3.63, 3.8) is 0 Å². The molecule has 9 heteroatoms. The number of aliphatic imine (C=N–C) groups is 1. The summed E-state index contributed by atoms with van der Waals surface area (Å²) in [5.41, 5.74) is 18.5. The number of carbonyl (C=O) groups is 1. The number of amides is 1. The Kier molecular flexibility index (Phi) is 7.93. The van der Waals surface area contributed by atoms with Gasteiger partial charge in [0.25, 0.3) is 5.91 Å². The number of nitrogens with zero attached hydrogens (tertiary/aromatic N) is 2. The Labute approximate surface area is 176 Å². The number of hydrogen-bond donors (Lipinski definition) is 4. The van der Waals surface area contributed by atoms with E-state index in [0.29, 0.717) is 5.69 Å². The zero-order chi connectivity index (χ0) is 20.6. The zero-order valence-electron chi connectivity index (χ0n) is 16.5. The van der Waals surface area contributed by atoms with Crippen molar-refractivity contribution in [1.29, 1.82) is 0 Å². The van der Waals surface area contributed by atoms with Gasteiger partial charge in [-0.15, -0.1) is 0 Å². The maximum atomic E-state index is 11.9. The first-order valence-electron chi connectivity index (χ1n) is 10.00. The fourth-order valence-corrected chi connectivity index (χ4v) is 4.28. The first-order valence-corrected chi connectivity index (χ1v) is 10.8. The summed E-state index contributed by atoms with van der Waals surface area (Å²) in [6, 6.07) is 7.89. The highest BCUT2D eigenvalue weighted by Crippen LogP contribution is 2.26. The van der Waals surface area contributed by atoms with E-state index < -0.39 is 5.91 Å². The van der Waals surface area contributed by atoms with Crippen LogP contribution in [0, 0.1) is 0 Å². The first kappa shape index (κ1) is 21.6. The van der Waals surface area contributed by atoms with Gasteiger partial charge in [0.1, 0.15) is 5.84 Å². The SMILES string of the molecule is NC(=O)/C(=C/N[C@H]1CCCCC1N)C(N)=Nc1ccc(SN2CCOCC2)cc1. The van der Waals surface area contributed by atoms with Crippen LogP contribution in [-0.2, 0) is 9.53 Å². The molecule has 2 aliphatic rings. The van der Waals surface area contributed by atoms with Gasteiger partial charge in [-0.1, -0.05) is 12.8 Å². The van der Waals surface area contributed by atoms with Crippen LogP contribution in [0.15, 0.2) is 45.9 Å². The molecule has 1 aliphatic carbocycles. The third-order valence-electron chi connectivity index (χ3n) is 5.09. The summed E-state index contributed by atoms with van der Waals surface area (Å²) in [5, 5.41) is 3.21. The topological polar surface area (TPSA) is 132 Å². The summed E-state index contributed by atoms with van der Waals surface area (Å²) in [4.78, 5) is 17.3. The summed E-state index contributed by atoms with van der Waals surface area (Å²) in [7, 11) is 0. The van der Waals surface area contributed by atoms with Gasteiger partial charge in [-0.3, -0.25) is 4.79 Å². The van der Waals surface area contributed by atoms with Crippen LogP contribution in [0.25, 0.3) is 0 Å². The minimum atomic E-state index is -0.623. The lowest BCUT2D eigenvalue weighted by molar-refractivity contribution is -0.114. The van der Waals surface area contributed by atoms with Crippen LogP contribution in [0.1, 0.15) is 25.7 Å². The maximum absolute atomic E-state index is 11.9. The van der Waals surface area contributed by atoms with E-state index in [-0.39, 0.29) is 23.5 Å². The molecule has 1 aliphatic heterocycles. The predicted molar refractivity (Wildman–Crippen MR) is 117 cm³/mol. The van der Waals surface area contributed by atoms with Crippen molar-refractivity contribution in [3.05, 3.63) is 36.0 Å². The van der Waals surface area contributed by atoms with Gasteiger partial charge in [-0.2, -0.15) is 0 Å². The van der Waals surface area contributed by atoms with Gasteiger partial charge in [0, 0.05) is 36.3 Å². The quantitative estimate of drug-likeness (QED) is 0.227. The van der Waals surface area contributed by atoms with Crippen LogP contribution in [0.3, 0.4) is 0 Å². The molecule has 158 valence electrons. The first-order chi connectivity index (χ1) is 14.0. The summed E-state index contributed by atoms with van der Waals surface area (Å²) < 4.78 is 7.63. The Balaban J connectivity index is 1.64. The fraction of sp³-hybridized carbons (Fsp3) is 0.500. The molecule has 1 saturated heterocycles. The number of carbonyl (C=O) groups excluding carboxylic acids is 1. The minimum absolute atomic E-state index is 0.0591. The molecular weight excluding hydrogens is 388 g/mol. The van der Waals surface area contributed by atoms with Gasteiger partial charge in [0.05, 0.1) is 24.5 Å². The van der Waals surface area contributed by atoms with Gasteiger partial charge in [0.15, 0.2) is 0 Å². The monoisotopic (exact) mass is 418 g/mol. The standard InChI is InChI=1S/C20H30N6O2S/c21-17-3-1-2-4-18(17)24-13-16(20(23)27)19(22)25-14-5-7-15(8-6-14)29-26-9-11-28-12-10-26/h5-8,13,17-18,24H,1-4,9-12,21H2,(H2,22,25)(H2,23,27)/b16-13+/t17?,18-/m0/s1. The lowest BCUT2D eigenvalue weighted by Gasteiger charge is -2.29. The molecule has 1 unspecified atom stereocenters. The van der Waals surface area contributed by atoms with Crippen LogP contribution in [0.5, 0.6) is 0 Å². The van der Waals surface area contributed by atoms with E-state index in [9.17, 15) is 4.79 Å². The Morgan fingerprint density at radius 3 is 2.52 bits per heavy atom. The van der Waals surface area contributed by atoms with Crippen LogP contribution < -0.4 is 22.5 Å². The van der Waals surface area contributed by atoms with E-state index in [1.54, 1.807) is 18.1 Å². The van der Waals surface area contributed by atoms with Crippen molar-refractivity contribution in [3.8, 4) is 0 Å². The summed E-state index contributed by atoms with van der Waals surface area (Å²) in [5.74, 6) is -0.536. The molecule has 8 nitrogen and oxygen atoms in total. The Bertz CT molecular complexity index is 746. The van der Waals surface area contributed by atoms with E-state index in [0.717, 1.165) is 56.9 Å². The van der Waals surface area contributed by atoms with Gasteiger partial charge in [-0.05, 0) is 49.1 Å². The number of ether oxygens (including phenoxy) is 1. The number of morpholine rings is 1. The number of hydrogen-bond acceptors (Lipinski definition) is 7. The second-order valence-corrected chi connectivity index (χ2v) is 8.44. The third kappa shape index (κ3) is 6.46. The average molecular weight is 419 g/mol. The molecule has 0 radical (unpaired) electrons. The van der Waals surface area contributed by atoms with Gasteiger partial charge < -0.3 is 27.3 Å². The van der Waals surface area contributed by atoms with Crippen LogP contribution in [0.4, 0.5) is 5.69 Å². The van der Waals surface area contributed by atoms with E-state index in [4.69, 9.17) is 21.9 Å². The molecule has 2 atom stereocenters. The van der Waals surface area contributed by atoms with E-state index in [1.165, 1.54) is 0 Å². The average Bonchev–Trinajstić information content (AvgIpc) is 2.71. The number of benzene rings is 1. The van der Waals surface area contributed by atoms with Crippen molar-refractivity contribution < 1.29 is 9.53 Å². The van der Waals surface area contributed by atoms with E-state index in [2.05, 4.69) is 14.6 Å². The molecule has 29 heavy (non-hydrogen) atoms. The molecule has 0 bridgehead atoms. The summed E-state index contributed by atoms with van der Waals surface area (Å²) >= 11 is 1.69. The molecule has 0 spiro atoms. The second kappa shape index (κ2) is 10.6. The van der Waals surface area contributed by atoms with Crippen molar-refractivity contribution in [2.75, 3.05) is 26.3 Å². The van der Waals surface area contributed by atoms with E-state index in [1.807, 2.05) is 24.3 Å². The minimum Gasteiger partial charge on any atom is -0.386 e. The largest absolute Gasteiger partial charge is 0.386 e. The van der Waals surface area contributed by atoms with Crippen molar-refractivity contribution in [1.82, 2.24) is 9.62 Å². The molecule has 1 heterocycles. The Morgan fingerprint density at radius 1 is 1.17 bits per heavy atom. The highest BCUT2D eigenvalue weighted by atomic mass is 32.2. The predicted octanol–water partition coefficient (Wildman–Crippen LogP) is 1.24. The second-order valence-electron chi connectivity index (χ2n) is 7.27. The lowest BCUT2D eigenvalue weighted by atomic mass is 9.91. The van der Waals surface area contributed by atoms with Crippen molar-refractivity contribution in [2.24, 2.45) is 22.2 Å². The molecule has 1 aromatic rings. The zero-order valence-corrected chi connectivity index (χ0v) is 17.4. The van der Waals surface area contributed by atoms with Gasteiger partial charge >= 0.3 is 0 Å². The molecule has 0 aromatic heterocycles. The number of nitrogens with two attached hydrogens (primary N) is 3. The number of rotatable bonds is 7. The summed E-state index contributed by atoms with van der Waals surface area (Å²) in [6.45, 7) is 3.33. The van der Waals surface area contributed by atoms with Crippen molar-refractivity contribution in [2.45, 2.75) is 42.7 Å². The Hall–Kier alpha value is -2.07. The summed E-state index contributed by atoms with van der Waals surface area (Å²) in [6.07, 6.45) is 5.73. The Morgan fingerprint density at radius 2 is 1.86 bits per heavy atom. The maximum Gasteiger partial charge on any atom is 0.253 e. The highest BCUT2D eigenvalue weighted by molar-refractivity contribution is 7.97. The van der Waals surface area contributed by atoms with E-state index >= 15 is 0 Å². The molecule has 2 fully saturated rings. The number of amidine groups is 1. The van der Waals surface area contributed by atoms with Crippen LogP contribution >= 0.6 is 11.9 Å². The number of nitrogens with one attached hydrogen (secondary N) is 1. The molecule has 1 saturated carbocycles. The molecule has 1 aromatic carbocycles. The molecular formula is C20H30N6O2S. The fourth-order valence-electron chi connectivity index (χ4n) is 3.40. The molecule has 7 N–H and O–H groups in total. The van der Waals surface area contributed by atoms with Gasteiger partial charge in [-0.25, -0.2) is 9.30 Å². The van der Waals surface area contributed by atoms with Crippen LogP contribution in [-0.4, -0.2) is 54.4 Å². The normalized spacial score (nSPS) is 24.3. The van der Waals surface area contributed by atoms with Gasteiger partial charge in [0.2, 0.25) is 0 Å². The molecule has 1 amide bonds.